The minimum atomic E-state index is -0.349. The molecule has 0 amide bonds. The highest BCUT2D eigenvalue weighted by Crippen LogP contribution is 2.30. The van der Waals surface area contributed by atoms with Crippen LogP contribution in [0.5, 0.6) is 0 Å². The van der Waals surface area contributed by atoms with Gasteiger partial charge in [0, 0.05) is 0 Å². The van der Waals surface area contributed by atoms with Crippen LogP contribution in [-0.4, -0.2) is 20.2 Å². The number of aromatic amines is 1. The number of anilines is 2. The summed E-state index contributed by atoms with van der Waals surface area (Å²) >= 11 is 4.09. The molecule has 0 aliphatic carbocycles. The van der Waals surface area contributed by atoms with Gasteiger partial charge in [-0.25, -0.2) is 9.37 Å². The fourth-order valence-corrected chi connectivity index (χ4v) is 4.48. The molecule has 0 aliphatic heterocycles. The zero-order chi connectivity index (χ0) is 17.2. The standard InChI is InChI=1S/C15H10FN5OS3/c16-8-3-1-2-4-9(8)18-14-20-21-15(25-14)24-7-11-17-10-5-6-23-12(10)13(22)19-11/h1-6H,7H2,(H,18,20)(H,17,19,22). The fraction of sp³-hybridized carbons (Fsp3) is 0.0667. The summed E-state index contributed by atoms with van der Waals surface area (Å²) in [6, 6.07) is 8.20. The lowest BCUT2D eigenvalue weighted by atomic mass is 10.3. The molecule has 2 N–H and O–H groups in total. The Morgan fingerprint density at radius 1 is 1.24 bits per heavy atom. The number of aromatic nitrogens is 4. The highest BCUT2D eigenvalue weighted by Gasteiger charge is 2.10. The van der Waals surface area contributed by atoms with Crippen LogP contribution in [0.25, 0.3) is 10.2 Å². The van der Waals surface area contributed by atoms with Crippen LogP contribution in [0.4, 0.5) is 15.2 Å². The van der Waals surface area contributed by atoms with Crippen molar-refractivity contribution in [3.8, 4) is 0 Å². The minimum Gasteiger partial charge on any atom is -0.328 e. The molecule has 0 aliphatic rings. The smallest absolute Gasteiger partial charge is 0.268 e. The molecule has 4 aromatic rings. The van der Waals surface area contributed by atoms with Crippen molar-refractivity contribution < 1.29 is 4.39 Å². The van der Waals surface area contributed by atoms with E-state index in [1.54, 1.807) is 18.2 Å². The van der Waals surface area contributed by atoms with E-state index in [0.717, 1.165) is 0 Å². The van der Waals surface area contributed by atoms with Gasteiger partial charge in [0.2, 0.25) is 5.13 Å². The first-order valence-corrected chi connectivity index (χ1v) is 9.81. The zero-order valence-electron chi connectivity index (χ0n) is 12.5. The summed E-state index contributed by atoms with van der Waals surface area (Å²) in [6.45, 7) is 0. The predicted octanol–water partition coefficient (Wildman–Crippen LogP) is 4.01. The molecular formula is C15H10FN5OS3. The topological polar surface area (TPSA) is 83.6 Å². The van der Waals surface area contributed by atoms with Gasteiger partial charge < -0.3 is 10.3 Å². The van der Waals surface area contributed by atoms with Crippen LogP contribution < -0.4 is 10.9 Å². The van der Waals surface area contributed by atoms with Crippen LogP contribution in [0.1, 0.15) is 5.82 Å². The number of H-pyrrole nitrogens is 1. The van der Waals surface area contributed by atoms with E-state index in [1.165, 1.54) is 40.5 Å². The summed E-state index contributed by atoms with van der Waals surface area (Å²) in [5.41, 5.74) is 0.919. The van der Waals surface area contributed by atoms with Gasteiger partial charge in [-0.05, 0) is 23.6 Å². The van der Waals surface area contributed by atoms with Gasteiger partial charge in [-0.1, -0.05) is 35.2 Å². The molecule has 10 heteroatoms. The summed E-state index contributed by atoms with van der Waals surface area (Å²) in [4.78, 5) is 19.1. The Morgan fingerprint density at radius 3 is 3.00 bits per heavy atom. The second-order valence-electron chi connectivity index (χ2n) is 4.91. The fourth-order valence-electron chi connectivity index (χ4n) is 2.12. The number of halogens is 1. The van der Waals surface area contributed by atoms with Crippen LogP contribution >= 0.6 is 34.4 Å². The molecule has 1 aromatic carbocycles. The van der Waals surface area contributed by atoms with Crippen molar-refractivity contribution in [2.24, 2.45) is 0 Å². The molecule has 6 nitrogen and oxygen atoms in total. The largest absolute Gasteiger partial charge is 0.328 e. The Morgan fingerprint density at radius 2 is 2.12 bits per heavy atom. The van der Waals surface area contributed by atoms with Crippen molar-refractivity contribution in [2.75, 3.05) is 5.32 Å². The third kappa shape index (κ3) is 3.55. The van der Waals surface area contributed by atoms with Gasteiger partial charge in [-0.3, -0.25) is 4.79 Å². The molecule has 0 radical (unpaired) electrons. The number of rotatable bonds is 5. The maximum Gasteiger partial charge on any atom is 0.268 e. The molecule has 0 bridgehead atoms. The number of nitrogens with zero attached hydrogens (tertiary/aromatic N) is 3. The number of fused-ring (bicyclic) bond motifs is 1. The number of benzene rings is 1. The van der Waals surface area contributed by atoms with Crippen molar-refractivity contribution in [1.82, 2.24) is 20.2 Å². The normalized spacial score (nSPS) is 11.1. The van der Waals surface area contributed by atoms with E-state index < -0.39 is 0 Å². The average molecular weight is 391 g/mol. The molecule has 0 atom stereocenters. The SMILES string of the molecule is O=c1[nH]c(CSc2nnc(Nc3ccccc3F)s2)nc2ccsc12. The third-order valence-electron chi connectivity index (χ3n) is 3.22. The zero-order valence-corrected chi connectivity index (χ0v) is 15.0. The van der Waals surface area contributed by atoms with Crippen LogP contribution in [0.15, 0.2) is 44.8 Å². The van der Waals surface area contributed by atoms with Crippen molar-refractivity contribution >= 4 is 55.5 Å². The van der Waals surface area contributed by atoms with Crippen LogP contribution in [0.2, 0.25) is 0 Å². The first-order valence-electron chi connectivity index (χ1n) is 7.13. The molecule has 25 heavy (non-hydrogen) atoms. The van der Waals surface area contributed by atoms with Crippen LogP contribution in [0.3, 0.4) is 0 Å². The van der Waals surface area contributed by atoms with E-state index >= 15 is 0 Å². The molecule has 0 unspecified atom stereocenters. The summed E-state index contributed by atoms with van der Waals surface area (Å²) in [5, 5.41) is 13.3. The third-order valence-corrected chi connectivity index (χ3v) is 6.10. The molecule has 4 rings (SSSR count). The summed E-state index contributed by atoms with van der Waals surface area (Å²) in [6.07, 6.45) is 0. The second kappa shape index (κ2) is 6.90. The lowest BCUT2D eigenvalue weighted by Gasteiger charge is -2.01. The van der Waals surface area contributed by atoms with Gasteiger partial charge in [0.05, 0.1) is 17.0 Å². The number of nitrogens with one attached hydrogen (secondary N) is 2. The number of hydrogen-bond donors (Lipinski definition) is 2. The van der Waals surface area contributed by atoms with Crippen molar-refractivity contribution in [3.05, 3.63) is 57.7 Å². The quantitative estimate of drug-likeness (QED) is 0.500. The van der Waals surface area contributed by atoms with Gasteiger partial charge in [0.25, 0.3) is 5.56 Å². The number of thioether (sulfide) groups is 1. The Labute approximate surface area is 153 Å². The monoisotopic (exact) mass is 391 g/mol. The van der Waals surface area contributed by atoms with Crippen LogP contribution in [-0.2, 0) is 5.75 Å². The lowest BCUT2D eigenvalue weighted by molar-refractivity contribution is 0.632. The lowest BCUT2D eigenvalue weighted by Crippen LogP contribution is -2.09. The maximum absolute atomic E-state index is 13.6. The highest BCUT2D eigenvalue weighted by molar-refractivity contribution is 8.00. The van der Waals surface area contributed by atoms with Crippen molar-refractivity contribution in [1.29, 1.82) is 0 Å². The molecule has 0 saturated carbocycles. The number of hydrogen-bond acceptors (Lipinski definition) is 8. The molecule has 3 heterocycles. The molecule has 126 valence electrons. The molecule has 0 saturated heterocycles. The summed E-state index contributed by atoms with van der Waals surface area (Å²) < 4.78 is 15.0. The number of thiophene rings is 1. The molecular weight excluding hydrogens is 381 g/mol. The Hall–Kier alpha value is -2.30. The highest BCUT2D eigenvalue weighted by atomic mass is 32.2. The van der Waals surface area contributed by atoms with Crippen molar-refractivity contribution in [3.63, 3.8) is 0 Å². The van der Waals surface area contributed by atoms with E-state index in [2.05, 4.69) is 25.5 Å². The van der Waals surface area contributed by atoms with E-state index in [-0.39, 0.29) is 11.4 Å². The van der Waals surface area contributed by atoms with Gasteiger partial charge >= 0.3 is 0 Å². The Kier molecular flexibility index (Phi) is 4.47. The minimum absolute atomic E-state index is 0.130. The van der Waals surface area contributed by atoms with Crippen molar-refractivity contribution in [2.45, 2.75) is 10.1 Å². The summed E-state index contributed by atoms with van der Waals surface area (Å²) in [5.74, 6) is 0.701. The van der Waals surface area contributed by atoms with Gasteiger partial charge in [0.15, 0.2) is 4.34 Å². The molecule has 3 aromatic heterocycles. The Balaban J connectivity index is 1.45. The van der Waals surface area contributed by atoms with E-state index in [0.29, 0.717) is 37.0 Å². The van der Waals surface area contributed by atoms with Gasteiger partial charge in [-0.2, -0.15) is 0 Å². The van der Waals surface area contributed by atoms with Crippen LogP contribution in [0, 0.1) is 5.82 Å². The van der Waals surface area contributed by atoms with E-state index in [4.69, 9.17) is 0 Å². The van der Waals surface area contributed by atoms with Gasteiger partial charge in [-0.15, -0.1) is 21.5 Å². The van der Waals surface area contributed by atoms with E-state index in [9.17, 15) is 9.18 Å². The molecule has 0 spiro atoms. The average Bonchev–Trinajstić information content (AvgIpc) is 3.24. The number of para-hydroxylation sites is 1. The Bertz CT molecular complexity index is 1090. The molecule has 0 fully saturated rings. The maximum atomic E-state index is 13.6. The first kappa shape index (κ1) is 16.2. The summed E-state index contributed by atoms with van der Waals surface area (Å²) in [7, 11) is 0. The second-order valence-corrected chi connectivity index (χ2v) is 8.03. The predicted molar refractivity (Wildman–Crippen MR) is 99.4 cm³/mol. The van der Waals surface area contributed by atoms with Gasteiger partial charge in [0.1, 0.15) is 16.3 Å². The van der Waals surface area contributed by atoms with E-state index in [1.807, 2.05) is 11.4 Å². The first-order chi connectivity index (χ1) is 12.2.